The Morgan fingerprint density at radius 1 is 1.33 bits per heavy atom. The summed E-state index contributed by atoms with van der Waals surface area (Å²) in [6, 6.07) is 8.39. The van der Waals surface area contributed by atoms with E-state index in [2.05, 4.69) is 4.98 Å². The maximum Gasteiger partial charge on any atom is 0.137 e. The van der Waals surface area contributed by atoms with Gasteiger partial charge in [-0.05, 0) is 30.2 Å². The molecule has 0 radical (unpaired) electrons. The lowest BCUT2D eigenvalue weighted by Gasteiger charge is -2.13. The zero-order chi connectivity index (χ0) is 15.1. The first-order valence-corrected chi connectivity index (χ1v) is 7.90. The summed E-state index contributed by atoms with van der Waals surface area (Å²) in [6.45, 7) is 2.71. The lowest BCUT2D eigenvalue weighted by Crippen LogP contribution is -2.13. The first-order valence-electron chi connectivity index (χ1n) is 6.91. The van der Waals surface area contributed by atoms with Crippen LogP contribution in [0.25, 0.3) is 0 Å². The Hall–Kier alpha value is -1.59. The SMILES string of the molecule is CCCOc1cncc(C(N)CSc2ccccc2F)c1. The van der Waals surface area contributed by atoms with E-state index in [1.165, 1.54) is 17.8 Å². The summed E-state index contributed by atoms with van der Waals surface area (Å²) in [6.07, 6.45) is 4.35. The van der Waals surface area contributed by atoms with Gasteiger partial charge in [-0.2, -0.15) is 0 Å². The van der Waals surface area contributed by atoms with Crippen LogP contribution in [0.1, 0.15) is 24.9 Å². The summed E-state index contributed by atoms with van der Waals surface area (Å²) in [4.78, 5) is 4.75. The third kappa shape index (κ3) is 4.72. The Labute approximate surface area is 128 Å². The molecule has 112 valence electrons. The quantitative estimate of drug-likeness (QED) is 0.790. The number of hydrogen-bond acceptors (Lipinski definition) is 4. The first kappa shape index (κ1) is 15.8. The number of hydrogen-bond donors (Lipinski definition) is 1. The van der Waals surface area contributed by atoms with Gasteiger partial charge in [0.05, 0.1) is 12.8 Å². The zero-order valence-corrected chi connectivity index (χ0v) is 12.8. The number of rotatable bonds is 7. The van der Waals surface area contributed by atoms with E-state index in [9.17, 15) is 4.39 Å². The molecule has 1 aromatic carbocycles. The maximum atomic E-state index is 13.6. The fourth-order valence-corrected chi connectivity index (χ4v) is 2.71. The molecule has 21 heavy (non-hydrogen) atoms. The Morgan fingerprint density at radius 3 is 2.90 bits per heavy atom. The summed E-state index contributed by atoms with van der Waals surface area (Å²) in [5, 5.41) is 0. The van der Waals surface area contributed by atoms with E-state index < -0.39 is 0 Å². The van der Waals surface area contributed by atoms with Gasteiger partial charge in [0.1, 0.15) is 11.6 Å². The molecule has 5 heteroatoms. The third-order valence-corrected chi connectivity index (χ3v) is 4.06. The van der Waals surface area contributed by atoms with Crippen LogP contribution >= 0.6 is 11.8 Å². The average Bonchev–Trinajstić information content (AvgIpc) is 2.52. The van der Waals surface area contributed by atoms with Crippen LogP contribution in [-0.2, 0) is 0 Å². The van der Waals surface area contributed by atoms with E-state index in [0.717, 1.165) is 17.7 Å². The van der Waals surface area contributed by atoms with Gasteiger partial charge >= 0.3 is 0 Å². The largest absolute Gasteiger partial charge is 0.492 e. The van der Waals surface area contributed by atoms with Crippen molar-refractivity contribution in [2.24, 2.45) is 5.73 Å². The molecule has 1 heterocycles. The standard InChI is InChI=1S/C16H19FN2OS/c1-2-7-20-13-8-12(9-19-10-13)15(18)11-21-16-6-4-3-5-14(16)17/h3-6,8-10,15H,2,7,11,18H2,1H3. The van der Waals surface area contributed by atoms with Crippen molar-refractivity contribution in [3.63, 3.8) is 0 Å². The summed E-state index contributed by atoms with van der Waals surface area (Å²) in [5.74, 6) is 1.09. The van der Waals surface area contributed by atoms with E-state index >= 15 is 0 Å². The lowest BCUT2D eigenvalue weighted by atomic mass is 10.1. The number of pyridine rings is 1. The van der Waals surface area contributed by atoms with E-state index in [-0.39, 0.29) is 11.9 Å². The molecule has 0 saturated heterocycles. The van der Waals surface area contributed by atoms with E-state index in [1.807, 2.05) is 19.1 Å². The normalized spacial score (nSPS) is 12.1. The number of thioether (sulfide) groups is 1. The Bertz CT molecular complexity index is 580. The monoisotopic (exact) mass is 306 g/mol. The molecular formula is C16H19FN2OS. The molecule has 1 aromatic heterocycles. The lowest BCUT2D eigenvalue weighted by molar-refractivity contribution is 0.315. The summed E-state index contributed by atoms with van der Waals surface area (Å²) < 4.78 is 19.1. The van der Waals surface area contributed by atoms with Crippen LogP contribution in [0.3, 0.4) is 0 Å². The third-order valence-electron chi connectivity index (χ3n) is 2.89. The van der Waals surface area contributed by atoms with Crippen LogP contribution < -0.4 is 10.5 Å². The second kappa shape index (κ2) is 8.00. The second-order valence-electron chi connectivity index (χ2n) is 4.65. The van der Waals surface area contributed by atoms with Crippen molar-refractivity contribution in [1.82, 2.24) is 4.98 Å². The maximum absolute atomic E-state index is 13.6. The highest BCUT2D eigenvalue weighted by molar-refractivity contribution is 7.99. The summed E-state index contributed by atoms with van der Waals surface area (Å²) in [7, 11) is 0. The fourth-order valence-electron chi connectivity index (χ4n) is 1.77. The molecule has 0 amide bonds. The Kier molecular flexibility index (Phi) is 6.02. The highest BCUT2D eigenvalue weighted by Crippen LogP contribution is 2.26. The average molecular weight is 306 g/mol. The number of ether oxygens (including phenoxy) is 1. The van der Waals surface area contributed by atoms with Crippen molar-refractivity contribution in [3.8, 4) is 5.75 Å². The van der Waals surface area contributed by atoms with Crippen LogP contribution in [-0.4, -0.2) is 17.3 Å². The van der Waals surface area contributed by atoms with E-state index in [1.54, 1.807) is 24.5 Å². The summed E-state index contributed by atoms with van der Waals surface area (Å²) >= 11 is 1.41. The molecule has 1 unspecified atom stereocenters. The van der Waals surface area contributed by atoms with Crippen LogP contribution in [0.15, 0.2) is 47.6 Å². The Morgan fingerprint density at radius 2 is 2.14 bits per heavy atom. The van der Waals surface area contributed by atoms with Crippen LogP contribution in [0.4, 0.5) is 4.39 Å². The van der Waals surface area contributed by atoms with Gasteiger partial charge in [0, 0.05) is 22.9 Å². The molecular weight excluding hydrogens is 287 g/mol. The smallest absolute Gasteiger partial charge is 0.137 e. The van der Waals surface area contributed by atoms with Gasteiger partial charge in [0.25, 0.3) is 0 Å². The van der Waals surface area contributed by atoms with Gasteiger partial charge in [0.15, 0.2) is 0 Å². The van der Waals surface area contributed by atoms with Crippen molar-refractivity contribution in [2.75, 3.05) is 12.4 Å². The van der Waals surface area contributed by atoms with Crippen molar-refractivity contribution >= 4 is 11.8 Å². The molecule has 0 aliphatic rings. The van der Waals surface area contributed by atoms with Crippen molar-refractivity contribution in [2.45, 2.75) is 24.3 Å². The number of aromatic nitrogens is 1. The predicted octanol–water partition coefficient (Wildman–Crippen LogP) is 3.80. The van der Waals surface area contributed by atoms with Gasteiger partial charge in [0.2, 0.25) is 0 Å². The number of benzene rings is 1. The second-order valence-corrected chi connectivity index (χ2v) is 5.71. The first-order chi connectivity index (χ1) is 10.2. The topological polar surface area (TPSA) is 48.1 Å². The van der Waals surface area contributed by atoms with Crippen molar-refractivity contribution in [1.29, 1.82) is 0 Å². The van der Waals surface area contributed by atoms with Gasteiger partial charge in [-0.15, -0.1) is 11.8 Å². The summed E-state index contributed by atoms with van der Waals surface area (Å²) in [5.41, 5.74) is 7.05. The minimum atomic E-state index is -0.215. The minimum absolute atomic E-state index is 0.215. The molecule has 0 aliphatic carbocycles. The minimum Gasteiger partial charge on any atom is -0.492 e. The molecule has 0 spiro atoms. The molecule has 0 bridgehead atoms. The van der Waals surface area contributed by atoms with Crippen molar-refractivity contribution in [3.05, 3.63) is 54.1 Å². The molecule has 2 aromatic rings. The molecule has 2 N–H and O–H groups in total. The molecule has 0 aliphatic heterocycles. The van der Waals surface area contributed by atoms with Crippen molar-refractivity contribution < 1.29 is 9.13 Å². The van der Waals surface area contributed by atoms with Crippen LogP contribution in [0.5, 0.6) is 5.75 Å². The van der Waals surface area contributed by atoms with Crippen LogP contribution in [0, 0.1) is 5.82 Å². The molecule has 1 atom stereocenters. The Balaban J connectivity index is 1.97. The molecule has 0 fully saturated rings. The zero-order valence-electron chi connectivity index (χ0n) is 12.0. The highest BCUT2D eigenvalue weighted by Gasteiger charge is 2.10. The fraction of sp³-hybridized carbons (Fsp3) is 0.312. The highest BCUT2D eigenvalue weighted by atomic mass is 32.2. The van der Waals surface area contributed by atoms with Crippen LogP contribution in [0.2, 0.25) is 0 Å². The van der Waals surface area contributed by atoms with Gasteiger partial charge in [-0.3, -0.25) is 4.98 Å². The number of halogens is 1. The molecule has 3 nitrogen and oxygen atoms in total. The number of nitrogens with two attached hydrogens (primary N) is 1. The molecule has 0 saturated carbocycles. The van der Waals surface area contributed by atoms with E-state index in [0.29, 0.717) is 17.3 Å². The van der Waals surface area contributed by atoms with Gasteiger partial charge < -0.3 is 10.5 Å². The number of nitrogens with zero attached hydrogens (tertiary/aromatic N) is 1. The van der Waals surface area contributed by atoms with E-state index in [4.69, 9.17) is 10.5 Å². The predicted molar refractivity (Wildman–Crippen MR) is 84.1 cm³/mol. The van der Waals surface area contributed by atoms with Gasteiger partial charge in [-0.1, -0.05) is 19.1 Å². The molecule has 2 rings (SSSR count). The van der Waals surface area contributed by atoms with Gasteiger partial charge in [-0.25, -0.2) is 4.39 Å².